The second kappa shape index (κ2) is 6.22. The van der Waals surface area contributed by atoms with Crippen LogP contribution in [0.25, 0.3) is 10.4 Å². The van der Waals surface area contributed by atoms with E-state index in [0.717, 1.165) is 21.8 Å². The molecule has 0 bridgehead atoms. The summed E-state index contributed by atoms with van der Waals surface area (Å²) in [4.78, 5) is 0.976. The number of anilines is 1. The number of hydrogen-bond donors (Lipinski definition) is 1. The Morgan fingerprint density at radius 3 is 2.41 bits per heavy atom. The van der Waals surface area contributed by atoms with Gasteiger partial charge < -0.3 is 0 Å². The van der Waals surface area contributed by atoms with E-state index in [-0.39, 0.29) is 9.23 Å². The van der Waals surface area contributed by atoms with Gasteiger partial charge in [-0.1, -0.05) is 53.5 Å². The molecule has 0 aliphatic heterocycles. The Labute approximate surface area is 146 Å². The Hall–Kier alpha value is -1.05. The molecule has 0 fully saturated rings. The van der Waals surface area contributed by atoms with Crippen molar-refractivity contribution in [1.29, 1.82) is 0 Å². The van der Waals surface area contributed by atoms with Crippen LogP contribution in [-0.2, 0) is 10.0 Å². The highest BCUT2D eigenvalue weighted by Crippen LogP contribution is 2.36. The highest BCUT2D eigenvalue weighted by atomic mass is 35.5. The number of thiophene rings is 2. The summed E-state index contributed by atoms with van der Waals surface area (Å²) in [7, 11) is -3.74. The molecule has 0 amide bonds. The Balaban J connectivity index is 1.88. The molecule has 3 nitrogen and oxygen atoms in total. The standard InChI is InChI=1S/C14H9Cl2NO2S3/c15-13-7-12(14(16)21-13)22(18,19)17-10-6-11(20-8-10)9-4-2-1-3-5-9/h1-8,17H. The number of halogens is 2. The fourth-order valence-electron chi connectivity index (χ4n) is 1.86. The lowest BCUT2D eigenvalue weighted by atomic mass is 10.2. The normalized spacial score (nSPS) is 11.5. The van der Waals surface area contributed by atoms with Gasteiger partial charge in [0.2, 0.25) is 0 Å². The van der Waals surface area contributed by atoms with Gasteiger partial charge in [-0.25, -0.2) is 8.42 Å². The van der Waals surface area contributed by atoms with E-state index in [2.05, 4.69) is 4.72 Å². The molecule has 0 radical (unpaired) electrons. The minimum absolute atomic E-state index is 0.00312. The van der Waals surface area contributed by atoms with Crippen molar-refractivity contribution >= 4 is 61.6 Å². The SMILES string of the molecule is O=S(=O)(Nc1csc(-c2ccccc2)c1)c1cc(Cl)sc1Cl. The van der Waals surface area contributed by atoms with Crippen molar-refractivity contribution < 1.29 is 8.42 Å². The molecule has 0 aliphatic rings. The predicted molar refractivity (Wildman–Crippen MR) is 94.9 cm³/mol. The molecule has 0 saturated carbocycles. The van der Waals surface area contributed by atoms with Crippen LogP contribution in [0.1, 0.15) is 0 Å². The Bertz CT molecular complexity index is 901. The van der Waals surface area contributed by atoms with Gasteiger partial charge in [-0.05, 0) is 17.7 Å². The molecule has 8 heteroatoms. The average molecular weight is 390 g/mol. The summed E-state index contributed by atoms with van der Waals surface area (Å²) in [5, 5.41) is 1.75. The minimum atomic E-state index is -3.74. The number of rotatable bonds is 4. The van der Waals surface area contributed by atoms with Gasteiger partial charge in [-0.15, -0.1) is 22.7 Å². The van der Waals surface area contributed by atoms with E-state index in [9.17, 15) is 8.42 Å². The maximum Gasteiger partial charge on any atom is 0.264 e. The number of sulfonamides is 1. The summed E-state index contributed by atoms with van der Waals surface area (Å²) < 4.78 is 27.7. The van der Waals surface area contributed by atoms with E-state index in [4.69, 9.17) is 23.2 Å². The third-order valence-corrected chi connectivity index (χ3v) is 6.94. The quantitative estimate of drug-likeness (QED) is 0.632. The van der Waals surface area contributed by atoms with Crippen molar-refractivity contribution in [3.05, 3.63) is 56.5 Å². The van der Waals surface area contributed by atoms with Crippen LogP contribution in [0, 0.1) is 0 Å². The van der Waals surface area contributed by atoms with Crippen molar-refractivity contribution in [2.24, 2.45) is 0 Å². The van der Waals surface area contributed by atoms with Crippen molar-refractivity contribution in [2.45, 2.75) is 4.90 Å². The fraction of sp³-hybridized carbons (Fsp3) is 0. The lowest BCUT2D eigenvalue weighted by Crippen LogP contribution is -2.11. The summed E-state index contributed by atoms with van der Waals surface area (Å²) in [6, 6.07) is 12.9. The first-order valence-corrected chi connectivity index (χ1v) is 10.0. The molecule has 3 aromatic rings. The van der Waals surface area contributed by atoms with Crippen LogP contribution < -0.4 is 4.72 Å². The zero-order valence-corrected chi connectivity index (χ0v) is 14.9. The first-order valence-electron chi connectivity index (χ1n) is 6.07. The van der Waals surface area contributed by atoms with Gasteiger partial charge in [0, 0.05) is 10.3 Å². The van der Waals surface area contributed by atoms with Crippen LogP contribution in [-0.4, -0.2) is 8.42 Å². The second-order valence-corrected chi connectivity index (χ2v) is 9.21. The van der Waals surface area contributed by atoms with E-state index in [0.29, 0.717) is 10.0 Å². The lowest BCUT2D eigenvalue weighted by molar-refractivity contribution is 0.601. The van der Waals surface area contributed by atoms with Crippen molar-refractivity contribution in [2.75, 3.05) is 4.72 Å². The molecule has 2 aromatic heterocycles. The molecule has 0 aliphatic carbocycles. The molecule has 0 saturated heterocycles. The van der Waals surface area contributed by atoms with Gasteiger partial charge in [0.05, 0.1) is 10.0 Å². The van der Waals surface area contributed by atoms with Crippen LogP contribution in [0.2, 0.25) is 8.67 Å². The summed E-state index contributed by atoms with van der Waals surface area (Å²) in [6.07, 6.45) is 0. The molecule has 1 aromatic carbocycles. The summed E-state index contributed by atoms with van der Waals surface area (Å²) in [5.41, 5.74) is 1.54. The van der Waals surface area contributed by atoms with E-state index in [1.807, 2.05) is 30.3 Å². The summed E-state index contributed by atoms with van der Waals surface area (Å²) >= 11 is 14.2. The lowest BCUT2D eigenvalue weighted by Gasteiger charge is -2.04. The first kappa shape index (κ1) is 15.8. The second-order valence-electron chi connectivity index (χ2n) is 4.36. The minimum Gasteiger partial charge on any atom is -0.279 e. The Morgan fingerprint density at radius 1 is 1.05 bits per heavy atom. The van der Waals surface area contributed by atoms with Crippen molar-refractivity contribution in [3.8, 4) is 10.4 Å². The Kier molecular flexibility index (Phi) is 4.47. The molecule has 2 heterocycles. The smallest absolute Gasteiger partial charge is 0.264 e. The topological polar surface area (TPSA) is 46.2 Å². The number of benzene rings is 1. The summed E-state index contributed by atoms with van der Waals surface area (Å²) in [5.74, 6) is 0. The third kappa shape index (κ3) is 3.31. The van der Waals surface area contributed by atoms with E-state index in [1.165, 1.54) is 17.4 Å². The van der Waals surface area contributed by atoms with Crippen LogP contribution in [0.15, 0.2) is 52.7 Å². The van der Waals surface area contributed by atoms with Crippen molar-refractivity contribution in [1.82, 2.24) is 0 Å². The van der Waals surface area contributed by atoms with E-state index >= 15 is 0 Å². The maximum atomic E-state index is 12.3. The molecular formula is C14H9Cl2NO2S3. The zero-order valence-electron chi connectivity index (χ0n) is 10.9. The van der Waals surface area contributed by atoms with Crippen LogP contribution in [0.3, 0.4) is 0 Å². The van der Waals surface area contributed by atoms with Crippen LogP contribution in [0.5, 0.6) is 0 Å². The largest absolute Gasteiger partial charge is 0.279 e. The van der Waals surface area contributed by atoms with Gasteiger partial charge in [0.25, 0.3) is 10.0 Å². The Morgan fingerprint density at radius 2 is 1.77 bits per heavy atom. The summed E-state index contributed by atoms with van der Waals surface area (Å²) in [6.45, 7) is 0. The molecule has 1 N–H and O–H groups in total. The van der Waals surface area contributed by atoms with Crippen LogP contribution >= 0.6 is 45.9 Å². The molecule has 114 valence electrons. The molecule has 0 atom stereocenters. The fourth-order valence-corrected chi connectivity index (χ4v) is 5.98. The average Bonchev–Trinajstić information content (AvgIpc) is 3.06. The predicted octanol–water partition coefficient (Wildman–Crippen LogP) is 5.58. The number of nitrogens with one attached hydrogen (secondary N) is 1. The van der Waals surface area contributed by atoms with Gasteiger partial charge in [-0.2, -0.15) is 0 Å². The molecule has 0 spiro atoms. The maximum absolute atomic E-state index is 12.3. The monoisotopic (exact) mass is 389 g/mol. The highest BCUT2D eigenvalue weighted by molar-refractivity contribution is 7.93. The highest BCUT2D eigenvalue weighted by Gasteiger charge is 2.21. The number of hydrogen-bond acceptors (Lipinski definition) is 4. The van der Waals surface area contributed by atoms with E-state index in [1.54, 1.807) is 11.4 Å². The first-order chi connectivity index (χ1) is 10.5. The molecule has 22 heavy (non-hydrogen) atoms. The van der Waals surface area contributed by atoms with Gasteiger partial charge >= 0.3 is 0 Å². The third-order valence-electron chi connectivity index (χ3n) is 2.82. The molecule has 0 unspecified atom stereocenters. The van der Waals surface area contributed by atoms with E-state index < -0.39 is 10.0 Å². The van der Waals surface area contributed by atoms with Crippen molar-refractivity contribution in [3.63, 3.8) is 0 Å². The van der Waals surface area contributed by atoms with Crippen LogP contribution in [0.4, 0.5) is 5.69 Å². The van der Waals surface area contributed by atoms with Gasteiger partial charge in [0.1, 0.15) is 9.23 Å². The van der Waals surface area contributed by atoms with Gasteiger partial charge in [0.15, 0.2) is 0 Å². The molecular weight excluding hydrogens is 381 g/mol. The zero-order chi connectivity index (χ0) is 15.7. The van der Waals surface area contributed by atoms with Gasteiger partial charge in [-0.3, -0.25) is 4.72 Å². The molecule has 3 rings (SSSR count).